The Morgan fingerprint density at radius 2 is 2.56 bits per heavy atom. The Labute approximate surface area is 61.7 Å². The molecule has 0 bridgehead atoms. The summed E-state index contributed by atoms with van der Waals surface area (Å²) in [5, 5.41) is 2.34. The molecule has 0 saturated heterocycles. The van der Waals surface area contributed by atoms with Gasteiger partial charge in [-0.25, -0.2) is 0 Å². The standard InChI is InChI=1S/C8H14S/c1-2-3-4-8-5-6-9-7-8/h7H,2-6H2,1H3. The van der Waals surface area contributed by atoms with Gasteiger partial charge >= 0.3 is 0 Å². The topological polar surface area (TPSA) is 0 Å². The lowest BCUT2D eigenvalue weighted by Gasteiger charge is -1.95. The monoisotopic (exact) mass is 142 g/mol. The van der Waals surface area contributed by atoms with Crippen LogP contribution in [0.4, 0.5) is 0 Å². The van der Waals surface area contributed by atoms with E-state index in [0.29, 0.717) is 0 Å². The summed E-state index contributed by atoms with van der Waals surface area (Å²) >= 11 is 1.97. The molecule has 0 aromatic carbocycles. The minimum Gasteiger partial charge on any atom is -0.134 e. The largest absolute Gasteiger partial charge is 0.134 e. The molecule has 0 aromatic heterocycles. The molecule has 1 aliphatic heterocycles. The van der Waals surface area contributed by atoms with E-state index < -0.39 is 0 Å². The van der Waals surface area contributed by atoms with Crippen LogP contribution in [0.5, 0.6) is 0 Å². The molecule has 0 fully saturated rings. The van der Waals surface area contributed by atoms with Gasteiger partial charge in [0.1, 0.15) is 0 Å². The highest BCUT2D eigenvalue weighted by molar-refractivity contribution is 8.02. The summed E-state index contributed by atoms with van der Waals surface area (Å²) in [4.78, 5) is 0. The van der Waals surface area contributed by atoms with Crippen LogP contribution in [0, 0.1) is 0 Å². The van der Waals surface area contributed by atoms with Gasteiger partial charge in [0.2, 0.25) is 0 Å². The van der Waals surface area contributed by atoms with E-state index in [9.17, 15) is 0 Å². The highest BCUT2D eigenvalue weighted by Gasteiger charge is 2.02. The molecule has 0 nitrogen and oxygen atoms in total. The molecule has 1 aliphatic rings. The van der Waals surface area contributed by atoms with Crippen LogP contribution in [0.15, 0.2) is 11.0 Å². The second kappa shape index (κ2) is 3.99. The van der Waals surface area contributed by atoms with Gasteiger partial charge in [-0.15, -0.1) is 11.8 Å². The van der Waals surface area contributed by atoms with Crippen LogP contribution < -0.4 is 0 Å². The first-order valence-electron chi connectivity index (χ1n) is 3.73. The maximum atomic E-state index is 2.34. The molecule has 9 heavy (non-hydrogen) atoms. The molecule has 52 valence electrons. The zero-order valence-corrected chi connectivity index (χ0v) is 6.84. The van der Waals surface area contributed by atoms with Crippen LogP contribution in [0.1, 0.15) is 32.6 Å². The van der Waals surface area contributed by atoms with E-state index in [-0.39, 0.29) is 0 Å². The van der Waals surface area contributed by atoms with Gasteiger partial charge < -0.3 is 0 Å². The maximum Gasteiger partial charge on any atom is 0.00116 e. The molecule has 0 unspecified atom stereocenters. The molecule has 0 radical (unpaired) electrons. The van der Waals surface area contributed by atoms with Gasteiger partial charge in [-0.2, -0.15) is 0 Å². The van der Waals surface area contributed by atoms with E-state index >= 15 is 0 Å². The van der Waals surface area contributed by atoms with Gasteiger partial charge in [0.25, 0.3) is 0 Å². The summed E-state index contributed by atoms with van der Waals surface area (Å²) in [7, 11) is 0. The van der Waals surface area contributed by atoms with E-state index in [0.717, 1.165) is 0 Å². The summed E-state index contributed by atoms with van der Waals surface area (Å²) in [6.45, 7) is 2.25. The van der Waals surface area contributed by atoms with E-state index in [1.54, 1.807) is 5.57 Å². The van der Waals surface area contributed by atoms with E-state index in [1.165, 1.54) is 31.4 Å². The molecular formula is C8H14S. The highest BCUT2D eigenvalue weighted by Crippen LogP contribution is 2.25. The number of rotatable bonds is 3. The third-order valence-corrected chi connectivity index (χ3v) is 2.58. The fraction of sp³-hybridized carbons (Fsp3) is 0.750. The fourth-order valence-electron chi connectivity index (χ4n) is 1.01. The molecule has 1 heterocycles. The van der Waals surface area contributed by atoms with Gasteiger partial charge in [-0.05, 0) is 24.7 Å². The summed E-state index contributed by atoms with van der Waals surface area (Å²) in [6.07, 6.45) is 5.42. The van der Waals surface area contributed by atoms with Gasteiger partial charge in [0, 0.05) is 5.75 Å². The fourth-order valence-corrected chi connectivity index (χ4v) is 1.98. The molecule has 0 aromatic rings. The minimum absolute atomic E-state index is 1.33. The average molecular weight is 142 g/mol. The van der Waals surface area contributed by atoms with Crippen LogP contribution in [0.25, 0.3) is 0 Å². The lowest BCUT2D eigenvalue weighted by Crippen LogP contribution is -1.79. The van der Waals surface area contributed by atoms with Crippen LogP contribution >= 0.6 is 11.8 Å². The Kier molecular flexibility index (Phi) is 3.20. The van der Waals surface area contributed by atoms with Crippen molar-refractivity contribution in [3.8, 4) is 0 Å². The van der Waals surface area contributed by atoms with Gasteiger partial charge in [0.15, 0.2) is 0 Å². The molecular weight excluding hydrogens is 128 g/mol. The van der Waals surface area contributed by atoms with Crippen molar-refractivity contribution in [3.63, 3.8) is 0 Å². The van der Waals surface area contributed by atoms with Crippen LogP contribution in [0.2, 0.25) is 0 Å². The van der Waals surface area contributed by atoms with Crippen molar-refractivity contribution in [2.45, 2.75) is 32.6 Å². The summed E-state index contributed by atoms with van der Waals surface area (Å²) in [5.74, 6) is 1.33. The van der Waals surface area contributed by atoms with E-state index in [1.807, 2.05) is 11.8 Å². The van der Waals surface area contributed by atoms with Crippen LogP contribution in [0.3, 0.4) is 0 Å². The predicted molar refractivity (Wildman–Crippen MR) is 44.7 cm³/mol. The number of hydrogen-bond donors (Lipinski definition) is 0. The second-order valence-electron chi connectivity index (χ2n) is 2.50. The average Bonchev–Trinajstić information content (AvgIpc) is 2.34. The molecule has 0 spiro atoms. The normalized spacial score (nSPS) is 18.1. The number of allylic oxidation sites excluding steroid dienone is 1. The molecule has 0 atom stereocenters. The third-order valence-electron chi connectivity index (χ3n) is 1.64. The maximum absolute atomic E-state index is 2.34. The zero-order chi connectivity index (χ0) is 6.53. The van der Waals surface area contributed by atoms with Crippen molar-refractivity contribution in [1.82, 2.24) is 0 Å². The first-order chi connectivity index (χ1) is 4.43. The van der Waals surface area contributed by atoms with Gasteiger partial charge in [-0.1, -0.05) is 18.9 Å². The summed E-state index contributed by atoms with van der Waals surface area (Å²) in [6, 6.07) is 0. The van der Waals surface area contributed by atoms with E-state index in [4.69, 9.17) is 0 Å². The SMILES string of the molecule is CCCCC1=CSCC1. The number of thioether (sulfide) groups is 1. The minimum atomic E-state index is 1.33. The molecule has 0 aliphatic carbocycles. The Balaban J connectivity index is 2.11. The summed E-state index contributed by atoms with van der Waals surface area (Å²) < 4.78 is 0. The smallest absolute Gasteiger partial charge is 0.00116 e. The summed E-state index contributed by atoms with van der Waals surface area (Å²) in [5.41, 5.74) is 1.68. The molecule has 0 N–H and O–H groups in total. The molecule has 0 amide bonds. The van der Waals surface area contributed by atoms with Crippen molar-refractivity contribution in [3.05, 3.63) is 11.0 Å². The first kappa shape index (κ1) is 7.20. The van der Waals surface area contributed by atoms with Crippen molar-refractivity contribution in [1.29, 1.82) is 0 Å². The number of unbranched alkanes of at least 4 members (excludes halogenated alkanes) is 1. The van der Waals surface area contributed by atoms with E-state index in [2.05, 4.69) is 12.3 Å². The molecule has 0 saturated carbocycles. The second-order valence-corrected chi connectivity index (χ2v) is 3.48. The first-order valence-corrected chi connectivity index (χ1v) is 4.78. The highest BCUT2D eigenvalue weighted by atomic mass is 32.2. The zero-order valence-electron chi connectivity index (χ0n) is 6.02. The Hall–Kier alpha value is 0.0900. The predicted octanol–water partition coefficient (Wildman–Crippen LogP) is 3.20. The molecule has 1 heteroatoms. The van der Waals surface area contributed by atoms with Crippen molar-refractivity contribution >= 4 is 11.8 Å². The quantitative estimate of drug-likeness (QED) is 0.583. The number of hydrogen-bond acceptors (Lipinski definition) is 1. The third kappa shape index (κ3) is 2.44. The lowest BCUT2D eigenvalue weighted by atomic mass is 10.1. The van der Waals surface area contributed by atoms with Crippen LogP contribution in [-0.2, 0) is 0 Å². The van der Waals surface area contributed by atoms with Crippen molar-refractivity contribution < 1.29 is 0 Å². The van der Waals surface area contributed by atoms with Gasteiger partial charge in [-0.3, -0.25) is 0 Å². The Morgan fingerprint density at radius 3 is 3.11 bits per heavy atom. The Bertz CT molecular complexity index is 105. The molecule has 1 rings (SSSR count). The van der Waals surface area contributed by atoms with Gasteiger partial charge in [0.05, 0.1) is 0 Å². The Morgan fingerprint density at radius 1 is 1.67 bits per heavy atom. The van der Waals surface area contributed by atoms with Crippen molar-refractivity contribution in [2.75, 3.05) is 5.75 Å². The van der Waals surface area contributed by atoms with Crippen LogP contribution in [-0.4, -0.2) is 5.75 Å². The van der Waals surface area contributed by atoms with Crippen molar-refractivity contribution in [2.24, 2.45) is 0 Å². The lowest BCUT2D eigenvalue weighted by molar-refractivity contribution is 0.772.